The van der Waals surface area contributed by atoms with Crippen molar-refractivity contribution in [3.05, 3.63) is 48.3 Å². The minimum atomic E-state index is -0.318. The number of ether oxygens (including phenoxy) is 1. The van der Waals surface area contributed by atoms with Crippen LogP contribution in [0.2, 0.25) is 0 Å². The molecule has 0 unspecified atom stereocenters. The van der Waals surface area contributed by atoms with Crippen molar-refractivity contribution >= 4 is 5.91 Å². The fourth-order valence-corrected chi connectivity index (χ4v) is 3.96. The van der Waals surface area contributed by atoms with Crippen molar-refractivity contribution in [2.24, 2.45) is 0 Å². The minimum Gasteiger partial charge on any atom is -0.378 e. The van der Waals surface area contributed by atoms with Crippen molar-refractivity contribution < 1.29 is 13.9 Å². The summed E-state index contributed by atoms with van der Waals surface area (Å²) in [5.41, 5.74) is 0.544. The maximum absolute atomic E-state index is 13.1. The average molecular weight is 405 g/mol. The highest BCUT2D eigenvalue weighted by Gasteiger charge is 2.27. The molecule has 0 aliphatic heterocycles. The lowest BCUT2D eigenvalue weighted by Gasteiger charge is -2.34. The van der Waals surface area contributed by atoms with E-state index < -0.39 is 0 Å². The number of carbonyl (C=O) groups is 1. The molecule has 0 heterocycles. The van der Waals surface area contributed by atoms with Crippen LogP contribution in [0.3, 0.4) is 0 Å². The molecular weight excluding hydrogens is 367 g/mol. The molecule has 1 aromatic carbocycles. The van der Waals surface area contributed by atoms with Crippen LogP contribution < -0.4 is 0 Å². The first-order valence-electron chi connectivity index (χ1n) is 10.9. The first-order chi connectivity index (χ1) is 14.0. The topological polar surface area (TPSA) is 32.8 Å². The van der Waals surface area contributed by atoms with E-state index in [1.165, 1.54) is 31.4 Å². The summed E-state index contributed by atoms with van der Waals surface area (Å²) < 4.78 is 19.1. The van der Waals surface area contributed by atoms with Gasteiger partial charge in [-0.2, -0.15) is 0 Å². The van der Waals surface area contributed by atoms with Gasteiger partial charge in [0.05, 0.1) is 6.10 Å². The van der Waals surface area contributed by atoms with Gasteiger partial charge in [-0.25, -0.2) is 4.39 Å². The molecule has 0 atom stereocenters. The van der Waals surface area contributed by atoms with E-state index in [0.29, 0.717) is 11.7 Å². The van der Waals surface area contributed by atoms with Crippen LogP contribution in [0.15, 0.2) is 36.9 Å². The average Bonchev–Trinajstić information content (AvgIpc) is 2.73. The molecule has 0 spiro atoms. The Morgan fingerprint density at radius 2 is 1.76 bits per heavy atom. The lowest BCUT2D eigenvalue weighted by Crippen LogP contribution is -2.40. The highest BCUT2D eigenvalue weighted by atomic mass is 19.1. The molecule has 1 aromatic rings. The summed E-state index contributed by atoms with van der Waals surface area (Å²) in [4.78, 5) is 16.7. The minimum absolute atomic E-state index is 0.0342. The molecule has 1 fully saturated rings. The van der Waals surface area contributed by atoms with Gasteiger partial charge >= 0.3 is 0 Å². The summed E-state index contributed by atoms with van der Waals surface area (Å²) in [5.74, 6) is -0.352. The van der Waals surface area contributed by atoms with E-state index in [1.54, 1.807) is 12.1 Å². The highest BCUT2D eigenvalue weighted by molar-refractivity contribution is 5.94. The van der Waals surface area contributed by atoms with Crippen LogP contribution in [0.25, 0.3) is 0 Å². The number of likely N-dealkylation sites (N-methyl/N-ethyl adjacent to an activating group) is 1. The van der Waals surface area contributed by atoms with Gasteiger partial charge in [-0.15, -0.1) is 6.58 Å². The Labute approximate surface area is 175 Å². The molecule has 0 radical (unpaired) electrons. The smallest absolute Gasteiger partial charge is 0.253 e. The molecule has 0 saturated heterocycles. The van der Waals surface area contributed by atoms with E-state index in [4.69, 9.17) is 4.74 Å². The van der Waals surface area contributed by atoms with Gasteiger partial charge in [-0.1, -0.05) is 18.9 Å². The second-order valence-corrected chi connectivity index (χ2v) is 8.19. The molecule has 5 heteroatoms. The predicted octanol–water partition coefficient (Wildman–Crippen LogP) is 4.90. The number of benzene rings is 1. The first kappa shape index (κ1) is 23.6. The lowest BCUT2D eigenvalue weighted by molar-refractivity contribution is 0.00908. The third-order valence-electron chi connectivity index (χ3n) is 5.83. The summed E-state index contributed by atoms with van der Waals surface area (Å²) >= 11 is 0. The molecule has 1 aliphatic carbocycles. The maximum atomic E-state index is 13.1. The Morgan fingerprint density at radius 1 is 1.10 bits per heavy atom. The molecule has 29 heavy (non-hydrogen) atoms. The highest BCUT2D eigenvalue weighted by Crippen LogP contribution is 2.25. The number of nitrogens with zero attached hydrogens (tertiary/aromatic N) is 2. The Kier molecular flexibility index (Phi) is 10.4. The number of unbranched alkanes of at least 4 members (excludes halogenated alkanes) is 3. The van der Waals surface area contributed by atoms with Crippen molar-refractivity contribution in [3.63, 3.8) is 0 Å². The van der Waals surface area contributed by atoms with Crippen LogP contribution in [-0.2, 0) is 4.74 Å². The van der Waals surface area contributed by atoms with E-state index in [2.05, 4.69) is 18.5 Å². The van der Waals surface area contributed by atoms with Crippen molar-refractivity contribution in [1.29, 1.82) is 0 Å². The van der Waals surface area contributed by atoms with Crippen LogP contribution in [0.1, 0.15) is 61.7 Å². The van der Waals surface area contributed by atoms with E-state index in [9.17, 15) is 9.18 Å². The first-order valence-corrected chi connectivity index (χ1v) is 10.9. The third kappa shape index (κ3) is 8.27. The quantitative estimate of drug-likeness (QED) is 0.367. The third-order valence-corrected chi connectivity index (χ3v) is 5.83. The summed E-state index contributed by atoms with van der Waals surface area (Å²) in [6, 6.07) is 6.03. The van der Waals surface area contributed by atoms with Gasteiger partial charge < -0.3 is 14.5 Å². The summed E-state index contributed by atoms with van der Waals surface area (Å²) in [5, 5.41) is 0. The second-order valence-electron chi connectivity index (χ2n) is 8.19. The lowest BCUT2D eigenvalue weighted by atomic mass is 9.91. The van der Waals surface area contributed by atoms with Gasteiger partial charge in [0.15, 0.2) is 0 Å². The van der Waals surface area contributed by atoms with Crippen molar-refractivity contribution in [3.8, 4) is 0 Å². The van der Waals surface area contributed by atoms with Crippen LogP contribution in [0.4, 0.5) is 4.39 Å². The van der Waals surface area contributed by atoms with Crippen LogP contribution >= 0.6 is 0 Å². The fourth-order valence-electron chi connectivity index (χ4n) is 3.96. The second kappa shape index (κ2) is 12.8. The Bertz CT molecular complexity index is 612. The molecule has 1 aliphatic rings. The van der Waals surface area contributed by atoms with Gasteiger partial charge in [0.25, 0.3) is 5.91 Å². The van der Waals surface area contributed by atoms with Crippen molar-refractivity contribution in [2.75, 3.05) is 33.8 Å². The Balaban J connectivity index is 1.57. The van der Waals surface area contributed by atoms with Crippen LogP contribution in [0.5, 0.6) is 0 Å². The van der Waals surface area contributed by atoms with E-state index in [-0.39, 0.29) is 17.8 Å². The van der Waals surface area contributed by atoms with Crippen LogP contribution in [0, 0.1) is 5.82 Å². The number of carbonyl (C=O) groups excluding carboxylic acids is 1. The van der Waals surface area contributed by atoms with Gasteiger partial charge in [-0.3, -0.25) is 4.79 Å². The number of hydrogen-bond acceptors (Lipinski definition) is 3. The molecule has 0 N–H and O–H groups in total. The number of rotatable bonds is 12. The monoisotopic (exact) mass is 404 g/mol. The summed E-state index contributed by atoms with van der Waals surface area (Å²) in [6.07, 6.45) is 11.0. The summed E-state index contributed by atoms with van der Waals surface area (Å²) in [6.45, 7) is 6.68. The standard InChI is InChI=1S/C24H37FN2O2/c1-4-17-26(2)18-7-5-6-8-19-29-23-15-13-22(14-16-23)27(3)24(28)20-9-11-21(25)12-10-20/h4,9-12,22-23H,1,5-8,13-19H2,2-3H3. The van der Waals surface area contributed by atoms with Crippen molar-refractivity contribution in [1.82, 2.24) is 9.80 Å². The van der Waals surface area contributed by atoms with Gasteiger partial charge in [0, 0.05) is 31.8 Å². The maximum Gasteiger partial charge on any atom is 0.253 e. The molecule has 1 amide bonds. The number of amides is 1. The molecule has 4 nitrogen and oxygen atoms in total. The Morgan fingerprint density at radius 3 is 2.41 bits per heavy atom. The molecule has 0 bridgehead atoms. The molecule has 1 saturated carbocycles. The molecular formula is C24H37FN2O2. The van der Waals surface area contributed by atoms with E-state index in [0.717, 1.165) is 51.8 Å². The van der Waals surface area contributed by atoms with Crippen molar-refractivity contribution in [2.45, 2.75) is 63.5 Å². The van der Waals surface area contributed by atoms with Gasteiger partial charge in [0.2, 0.25) is 0 Å². The zero-order chi connectivity index (χ0) is 21.1. The molecule has 162 valence electrons. The van der Waals surface area contributed by atoms with E-state index >= 15 is 0 Å². The number of hydrogen-bond donors (Lipinski definition) is 0. The predicted molar refractivity (Wildman–Crippen MR) is 117 cm³/mol. The summed E-state index contributed by atoms with van der Waals surface area (Å²) in [7, 11) is 3.98. The SMILES string of the molecule is C=CCN(C)CCCCCCOC1CCC(N(C)C(=O)c2ccc(F)cc2)CC1. The van der Waals surface area contributed by atoms with Crippen LogP contribution in [-0.4, -0.2) is 61.6 Å². The molecule has 2 rings (SSSR count). The molecule has 0 aromatic heterocycles. The Hall–Kier alpha value is -1.72. The fraction of sp³-hybridized carbons (Fsp3) is 0.625. The van der Waals surface area contributed by atoms with Gasteiger partial charge in [0.1, 0.15) is 5.82 Å². The number of halogens is 1. The zero-order valence-electron chi connectivity index (χ0n) is 18.1. The zero-order valence-corrected chi connectivity index (χ0v) is 18.1. The van der Waals surface area contributed by atoms with Gasteiger partial charge in [-0.05, 0) is 76.4 Å². The largest absolute Gasteiger partial charge is 0.378 e. The van der Waals surface area contributed by atoms with E-state index in [1.807, 2.05) is 18.0 Å². The normalized spacial score (nSPS) is 19.3.